The maximum absolute atomic E-state index is 11.5. The van der Waals surface area contributed by atoms with Crippen LogP contribution in [0.15, 0.2) is 11.6 Å². The molecule has 0 N–H and O–H groups in total. The minimum Gasteiger partial charge on any atom is -0.463 e. The first-order valence-electron chi connectivity index (χ1n) is 11.7. The number of carbonyl (C=O) groups is 2. The summed E-state index contributed by atoms with van der Waals surface area (Å²) in [6.07, 6.45) is 11.9. The van der Waals surface area contributed by atoms with Crippen molar-refractivity contribution in [1.29, 1.82) is 0 Å². The van der Waals surface area contributed by atoms with Gasteiger partial charge in [0.05, 0.1) is 0 Å². The van der Waals surface area contributed by atoms with Crippen LogP contribution in [0.4, 0.5) is 0 Å². The van der Waals surface area contributed by atoms with Crippen LogP contribution in [0.1, 0.15) is 86.0 Å². The third-order valence-corrected chi connectivity index (χ3v) is 9.34. The molecule has 0 amide bonds. The first kappa shape index (κ1) is 20.9. The molecule has 29 heavy (non-hydrogen) atoms. The van der Waals surface area contributed by atoms with Crippen molar-refractivity contribution in [1.82, 2.24) is 0 Å². The Labute approximate surface area is 175 Å². The SMILES string of the molecule is CC(=O)O[C@H]1CC[C@@]2(C)[C@H](CC[C@H]3C4=CC[C@H]([C@@H](C)OC(C)=O)[C@@]4(C)CC[C@@H]32)C1. The van der Waals surface area contributed by atoms with Gasteiger partial charge < -0.3 is 9.47 Å². The summed E-state index contributed by atoms with van der Waals surface area (Å²) in [4.78, 5) is 23.0. The van der Waals surface area contributed by atoms with Gasteiger partial charge in [0.2, 0.25) is 0 Å². The quantitative estimate of drug-likeness (QED) is 0.465. The number of carbonyl (C=O) groups excluding carboxylic acids is 2. The van der Waals surface area contributed by atoms with Crippen LogP contribution in [0.2, 0.25) is 0 Å². The molecule has 4 aliphatic carbocycles. The van der Waals surface area contributed by atoms with Crippen LogP contribution in [-0.4, -0.2) is 24.1 Å². The van der Waals surface area contributed by atoms with Crippen LogP contribution in [0, 0.1) is 34.5 Å². The molecule has 0 aliphatic heterocycles. The lowest BCUT2D eigenvalue weighted by atomic mass is 9.46. The molecule has 0 radical (unpaired) electrons. The van der Waals surface area contributed by atoms with Gasteiger partial charge in [-0.05, 0) is 86.9 Å². The van der Waals surface area contributed by atoms with Gasteiger partial charge >= 0.3 is 11.9 Å². The van der Waals surface area contributed by atoms with Crippen molar-refractivity contribution in [3.05, 3.63) is 11.6 Å². The normalized spacial score (nSPS) is 44.6. The second-order valence-electron chi connectivity index (χ2n) is 10.8. The summed E-state index contributed by atoms with van der Waals surface area (Å²) in [7, 11) is 0. The van der Waals surface area contributed by atoms with Crippen molar-refractivity contribution >= 4 is 11.9 Å². The molecule has 4 heteroatoms. The third-order valence-electron chi connectivity index (χ3n) is 9.34. The van der Waals surface area contributed by atoms with E-state index in [2.05, 4.69) is 26.8 Å². The van der Waals surface area contributed by atoms with Gasteiger partial charge in [-0.25, -0.2) is 0 Å². The lowest BCUT2D eigenvalue weighted by molar-refractivity contribution is -0.156. The van der Waals surface area contributed by atoms with Gasteiger partial charge in [-0.2, -0.15) is 0 Å². The Kier molecular flexibility index (Phi) is 5.36. The Morgan fingerprint density at radius 1 is 1.07 bits per heavy atom. The standard InChI is InChI=1S/C25H38O4/c1-15(28-16(2)26)21-8-9-22-20-7-6-18-14-19(29-17(3)27)10-12-24(18,4)23(20)11-13-25(21,22)5/h9,15,18-21,23H,6-8,10-14H2,1-5H3/t15-,18-,19+,20+,21-,23+,24+,25-/m1/s1. The van der Waals surface area contributed by atoms with Crippen molar-refractivity contribution in [2.45, 2.75) is 98.2 Å². The average Bonchev–Trinajstić information content (AvgIpc) is 2.98. The van der Waals surface area contributed by atoms with Gasteiger partial charge in [0.25, 0.3) is 0 Å². The molecular formula is C25H38O4. The fraction of sp³-hybridized carbons (Fsp3) is 0.840. The molecule has 0 aromatic heterocycles. The van der Waals surface area contributed by atoms with E-state index in [0.717, 1.165) is 25.2 Å². The zero-order valence-electron chi connectivity index (χ0n) is 18.8. The number of fused-ring (bicyclic) bond motifs is 5. The first-order chi connectivity index (χ1) is 13.6. The molecule has 4 rings (SSSR count). The van der Waals surface area contributed by atoms with Crippen LogP contribution in [0.25, 0.3) is 0 Å². The van der Waals surface area contributed by atoms with Gasteiger partial charge in [-0.1, -0.05) is 25.5 Å². The van der Waals surface area contributed by atoms with E-state index in [1.165, 1.54) is 46.0 Å². The molecule has 8 atom stereocenters. The molecule has 0 saturated heterocycles. The van der Waals surface area contributed by atoms with Crippen molar-refractivity contribution < 1.29 is 19.1 Å². The minimum absolute atomic E-state index is 0.0195. The van der Waals surface area contributed by atoms with Gasteiger partial charge in [0.1, 0.15) is 12.2 Å². The van der Waals surface area contributed by atoms with Gasteiger partial charge in [-0.15, -0.1) is 0 Å². The molecule has 4 nitrogen and oxygen atoms in total. The van der Waals surface area contributed by atoms with E-state index in [9.17, 15) is 9.59 Å². The van der Waals surface area contributed by atoms with Crippen molar-refractivity contribution in [2.24, 2.45) is 34.5 Å². The van der Waals surface area contributed by atoms with Crippen molar-refractivity contribution in [3.8, 4) is 0 Å². The number of rotatable bonds is 3. The van der Waals surface area contributed by atoms with Gasteiger partial charge in [-0.3, -0.25) is 9.59 Å². The van der Waals surface area contributed by atoms with Crippen LogP contribution < -0.4 is 0 Å². The smallest absolute Gasteiger partial charge is 0.302 e. The van der Waals surface area contributed by atoms with Gasteiger partial charge in [0.15, 0.2) is 0 Å². The lowest BCUT2D eigenvalue weighted by Crippen LogP contribution is -2.52. The molecule has 3 fully saturated rings. The van der Waals surface area contributed by atoms with Crippen LogP contribution in [-0.2, 0) is 19.1 Å². The Morgan fingerprint density at radius 3 is 2.52 bits per heavy atom. The van der Waals surface area contributed by atoms with Crippen LogP contribution in [0.5, 0.6) is 0 Å². The second-order valence-corrected chi connectivity index (χ2v) is 10.8. The minimum atomic E-state index is -0.166. The average molecular weight is 403 g/mol. The number of ether oxygens (including phenoxy) is 2. The molecule has 4 aliphatic rings. The molecule has 0 bridgehead atoms. The Balaban J connectivity index is 1.51. The molecule has 0 heterocycles. The van der Waals surface area contributed by atoms with E-state index in [-0.39, 0.29) is 29.6 Å². The number of esters is 2. The highest BCUT2D eigenvalue weighted by molar-refractivity contribution is 5.66. The fourth-order valence-electron chi connectivity index (χ4n) is 7.98. The summed E-state index contributed by atoms with van der Waals surface area (Å²) >= 11 is 0. The van der Waals surface area contributed by atoms with E-state index < -0.39 is 0 Å². The first-order valence-corrected chi connectivity index (χ1v) is 11.7. The molecule has 0 spiro atoms. The highest BCUT2D eigenvalue weighted by Gasteiger charge is 2.58. The molecular weight excluding hydrogens is 364 g/mol. The van der Waals surface area contributed by atoms with Crippen LogP contribution in [0.3, 0.4) is 0 Å². The Morgan fingerprint density at radius 2 is 1.83 bits per heavy atom. The van der Waals surface area contributed by atoms with E-state index >= 15 is 0 Å². The molecule has 0 unspecified atom stereocenters. The van der Waals surface area contributed by atoms with Crippen molar-refractivity contribution in [3.63, 3.8) is 0 Å². The predicted octanol–water partition coefficient (Wildman–Crippen LogP) is 5.45. The van der Waals surface area contributed by atoms with E-state index in [1.807, 2.05) is 0 Å². The van der Waals surface area contributed by atoms with E-state index in [4.69, 9.17) is 9.47 Å². The highest BCUT2D eigenvalue weighted by Crippen LogP contribution is 2.66. The molecule has 162 valence electrons. The van der Waals surface area contributed by atoms with Gasteiger partial charge in [0, 0.05) is 19.8 Å². The summed E-state index contributed by atoms with van der Waals surface area (Å²) in [5.41, 5.74) is 2.20. The lowest BCUT2D eigenvalue weighted by Gasteiger charge is -2.59. The fourth-order valence-corrected chi connectivity index (χ4v) is 7.98. The van der Waals surface area contributed by atoms with E-state index in [1.54, 1.807) is 5.57 Å². The Bertz CT molecular complexity index is 712. The molecule has 3 saturated carbocycles. The number of hydrogen-bond acceptors (Lipinski definition) is 4. The second kappa shape index (κ2) is 7.42. The zero-order valence-corrected chi connectivity index (χ0v) is 18.8. The maximum atomic E-state index is 11.5. The predicted molar refractivity (Wildman–Crippen MR) is 112 cm³/mol. The number of allylic oxidation sites excluding steroid dienone is 2. The monoisotopic (exact) mass is 402 g/mol. The largest absolute Gasteiger partial charge is 0.463 e. The highest BCUT2D eigenvalue weighted by atomic mass is 16.5. The van der Waals surface area contributed by atoms with Crippen LogP contribution >= 0.6 is 0 Å². The molecule has 0 aromatic rings. The summed E-state index contributed by atoms with van der Waals surface area (Å²) in [5, 5.41) is 0. The summed E-state index contributed by atoms with van der Waals surface area (Å²) in [6.45, 7) is 10.1. The molecule has 0 aromatic carbocycles. The third kappa shape index (κ3) is 3.45. The van der Waals surface area contributed by atoms with E-state index in [0.29, 0.717) is 23.2 Å². The topological polar surface area (TPSA) is 52.6 Å². The maximum Gasteiger partial charge on any atom is 0.302 e. The number of hydrogen-bond donors (Lipinski definition) is 0. The summed E-state index contributed by atoms with van der Waals surface area (Å²) < 4.78 is 11.2. The summed E-state index contributed by atoms with van der Waals surface area (Å²) in [5.74, 6) is 2.19. The zero-order chi connectivity index (χ0) is 21.0. The van der Waals surface area contributed by atoms with Crippen molar-refractivity contribution in [2.75, 3.05) is 0 Å². The Hall–Kier alpha value is -1.32. The summed E-state index contributed by atoms with van der Waals surface area (Å²) in [6, 6.07) is 0.